The van der Waals surface area contributed by atoms with Crippen molar-refractivity contribution in [3.63, 3.8) is 0 Å². The summed E-state index contributed by atoms with van der Waals surface area (Å²) in [5, 5.41) is 2.76. The molecule has 3 rings (SSSR count). The highest BCUT2D eigenvalue weighted by Crippen LogP contribution is 2.57. The van der Waals surface area contributed by atoms with Crippen molar-refractivity contribution in [2.45, 2.75) is 45.1 Å². The maximum Gasteiger partial charge on any atom is 0.0107 e. The topological polar surface area (TPSA) is 26.0 Å². The molecule has 0 aliphatic heterocycles. The number of nitrogens with two attached hydrogens (primary N) is 1. The molecule has 0 radical (unpaired) electrons. The Kier molecular flexibility index (Phi) is 3.10. The quantitative estimate of drug-likeness (QED) is 0.858. The zero-order chi connectivity index (χ0) is 13.5. The van der Waals surface area contributed by atoms with E-state index in [4.69, 9.17) is 5.73 Å². The van der Waals surface area contributed by atoms with Gasteiger partial charge in [-0.3, -0.25) is 0 Å². The smallest absolute Gasteiger partial charge is 0.0107 e. The van der Waals surface area contributed by atoms with Crippen LogP contribution in [-0.2, 0) is 0 Å². The maximum absolute atomic E-state index is 6.35. The molecule has 19 heavy (non-hydrogen) atoms. The highest BCUT2D eigenvalue weighted by atomic mass is 14.8. The third-order valence-electron chi connectivity index (χ3n) is 5.44. The van der Waals surface area contributed by atoms with Gasteiger partial charge in [-0.1, -0.05) is 56.3 Å². The van der Waals surface area contributed by atoms with Crippen molar-refractivity contribution in [2.24, 2.45) is 11.1 Å². The van der Waals surface area contributed by atoms with E-state index in [0.29, 0.717) is 17.4 Å². The van der Waals surface area contributed by atoms with Crippen LogP contribution in [0.1, 0.15) is 44.6 Å². The van der Waals surface area contributed by atoms with Gasteiger partial charge in [-0.15, -0.1) is 0 Å². The van der Waals surface area contributed by atoms with Gasteiger partial charge in [-0.2, -0.15) is 0 Å². The van der Waals surface area contributed by atoms with Gasteiger partial charge >= 0.3 is 0 Å². The summed E-state index contributed by atoms with van der Waals surface area (Å²) >= 11 is 0. The Morgan fingerprint density at radius 3 is 2.42 bits per heavy atom. The van der Waals surface area contributed by atoms with E-state index >= 15 is 0 Å². The van der Waals surface area contributed by atoms with Crippen molar-refractivity contribution in [1.82, 2.24) is 0 Å². The fourth-order valence-corrected chi connectivity index (χ4v) is 4.08. The molecule has 0 heterocycles. The van der Waals surface area contributed by atoms with E-state index in [0.717, 1.165) is 6.42 Å². The number of fused-ring (bicyclic) bond motifs is 1. The maximum atomic E-state index is 6.35. The number of rotatable bonds is 3. The van der Waals surface area contributed by atoms with Gasteiger partial charge < -0.3 is 5.73 Å². The Morgan fingerprint density at radius 2 is 1.74 bits per heavy atom. The molecule has 0 bridgehead atoms. The number of hydrogen-bond acceptors (Lipinski definition) is 1. The van der Waals surface area contributed by atoms with Crippen LogP contribution in [0.25, 0.3) is 10.8 Å². The lowest BCUT2D eigenvalue weighted by Crippen LogP contribution is -2.55. The average Bonchev–Trinajstić information content (AvgIpc) is 2.46. The summed E-state index contributed by atoms with van der Waals surface area (Å²) in [6, 6.07) is 15.8. The first kappa shape index (κ1) is 12.7. The lowest BCUT2D eigenvalue weighted by Gasteiger charge is -2.55. The molecule has 1 fully saturated rings. The zero-order valence-electron chi connectivity index (χ0n) is 11.9. The van der Waals surface area contributed by atoms with E-state index in [1.807, 2.05) is 0 Å². The van der Waals surface area contributed by atoms with Crippen molar-refractivity contribution in [3.8, 4) is 0 Å². The minimum atomic E-state index is 0.310. The second kappa shape index (κ2) is 4.64. The van der Waals surface area contributed by atoms with Crippen molar-refractivity contribution >= 4 is 10.8 Å². The Morgan fingerprint density at radius 1 is 1.05 bits per heavy atom. The molecular formula is C18H23N. The van der Waals surface area contributed by atoms with Crippen LogP contribution < -0.4 is 5.73 Å². The Bertz CT molecular complexity index is 578. The summed E-state index contributed by atoms with van der Waals surface area (Å²) in [6.07, 6.45) is 3.49. The first-order valence-electron chi connectivity index (χ1n) is 7.46. The van der Waals surface area contributed by atoms with Gasteiger partial charge in [0.1, 0.15) is 0 Å². The molecular weight excluding hydrogens is 230 g/mol. The summed E-state index contributed by atoms with van der Waals surface area (Å²) in [6.45, 7) is 4.58. The van der Waals surface area contributed by atoms with Crippen LogP contribution in [0, 0.1) is 5.41 Å². The number of benzene rings is 2. The van der Waals surface area contributed by atoms with Crippen molar-refractivity contribution in [1.29, 1.82) is 0 Å². The Hall–Kier alpha value is -1.34. The van der Waals surface area contributed by atoms with E-state index in [1.165, 1.54) is 29.2 Å². The largest absolute Gasteiger partial charge is 0.327 e. The van der Waals surface area contributed by atoms with Crippen LogP contribution in [0.5, 0.6) is 0 Å². The minimum absolute atomic E-state index is 0.310. The molecule has 0 saturated heterocycles. The van der Waals surface area contributed by atoms with Crippen molar-refractivity contribution in [2.75, 3.05) is 0 Å². The first-order chi connectivity index (χ1) is 9.23. The summed E-state index contributed by atoms with van der Waals surface area (Å²) in [4.78, 5) is 0. The van der Waals surface area contributed by atoms with Crippen LogP contribution in [0.15, 0.2) is 42.5 Å². The van der Waals surface area contributed by atoms with Crippen LogP contribution in [0.2, 0.25) is 0 Å². The molecule has 0 aromatic heterocycles. The monoisotopic (exact) mass is 253 g/mol. The van der Waals surface area contributed by atoms with Crippen molar-refractivity contribution in [3.05, 3.63) is 48.0 Å². The predicted octanol–water partition coefficient (Wildman–Crippen LogP) is 4.46. The van der Waals surface area contributed by atoms with E-state index in [1.54, 1.807) is 0 Å². The third kappa shape index (κ3) is 1.72. The lowest BCUT2D eigenvalue weighted by atomic mass is 9.52. The van der Waals surface area contributed by atoms with Gasteiger partial charge in [0.25, 0.3) is 0 Å². The molecule has 2 N–H and O–H groups in total. The molecule has 1 heteroatoms. The zero-order valence-corrected chi connectivity index (χ0v) is 11.9. The van der Waals surface area contributed by atoms with Gasteiger partial charge in [-0.25, -0.2) is 0 Å². The van der Waals surface area contributed by atoms with Gasteiger partial charge in [-0.05, 0) is 46.9 Å². The Balaban J connectivity index is 2.11. The molecule has 2 unspecified atom stereocenters. The molecule has 0 amide bonds. The van der Waals surface area contributed by atoms with Crippen LogP contribution in [0.4, 0.5) is 0 Å². The van der Waals surface area contributed by atoms with Gasteiger partial charge in [0.05, 0.1) is 0 Å². The molecule has 1 nitrogen and oxygen atoms in total. The molecule has 1 aliphatic carbocycles. The van der Waals surface area contributed by atoms with E-state index in [2.05, 4.69) is 56.3 Å². The van der Waals surface area contributed by atoms with Gasteiger partial charge in [0.15, 0.2) is 0 Å². The molecule has 2 atom stereocenters. The summed E-state index contributed by atoms with van der Waals surface area (Å²) in [7, 11) is 0. The van der Waals surface area contributed by atoms with Crippen LogP contribution >= 0.6 is 0 Å². The van der Waals surface area contributed by atoms with Gasteiger partial charge in [0.2, 0.25) is 0 Å². The number of hydrogen-bond donors (Lipinski definition) is 1. The van der Waals surface area contributed by atoms with Crippen LogP contribution in [-0.4, -0.2) is 6.04 Å². The first-order valence-corrected chi connectivity index (χ1v) is 7.46. The second-order valence-corrected chi connectivity index (χ2v) is 5.90. The third-order valence-corrected chi connectivity index (χ3v) is 5.44. The highest BCUT2D eigenvalue weighted by molar-refractivity contribution is 5.86. The van der Waals surface area contributed by atoms with E-state index in [9.17, 15) is 0 Å². The van der Waals surface area contributed by atoms with E-state index < -0.39 is 0 Å². The average molecular weight is 253 g/mol. The summed E-state index contributed by atoms with van der Waals surface area (Å²) in [5.74, 6) is 0.628. The second-order valence-electron chi connectivity index (χ2n) is 5.90. The summed E-state index contributed by atoms with van der Waals surface area (Å²) < 4.78 is 0. The van der Waals surface area contributed by atoms with Gasteiger partial charge in [0, 0.05) is 6.04 Å². The molecule has 0 spiro atoms. The Labute approximate surface area is 115 Å². The minimum Gasteiger partial charge on any atom is -0.327 e. The van der Waals surface area contributed by atoms with Crippen molar-refractivity contribution < 1.29 is 0 Å². The fourth-order valence-electron chi connectivity index (χ4n) is 4.08. The van der Waals surface area contributed by atoms with Crippen LogP contribution in [0.3, 0.4) is 0 Å². The molecule has 1 saturated carbocycles. The molecule has 100 valence electrons. The SMILES string of the molecule is CCC1(CC)C(N)CC1c1cccc2ccccc12. The van der Waals surface area contributed by atoms with E-state index in [-0.39, 0.29) is 0 Å². The standard InChI is InChI=1S/C18H23N/c1-3-18(4-2)16(12-17(18)19)15-11-7-9-13-8-5-6-10-14(13)15/h5-11,16-17H,3-4,12,19H2,1-2H3. The normalized spacial score (nSPS) is 25.2. The molecule has 2 aromatic carbocycles. The summed E-state index contributed by atoms with van der Waals surface area (Å²) in [5.41, 5.74) is 8.16. The lowest BCUT2D eigenvalue weighted by molar-refractivity contribution is 0.0446. The predicted molar refractivity (Wildman–Crippen MR) is 82.3 cm³/mol. The highest BCUT2D eigenvalue weighted by Gasteiger charge is 2.51. The molecule has 1 aliphatic rings. The molecule has 2 aromatic rings. The fraction of sp³-hybridized carbons (Fsp3) is 0.444.